The van der Waals surface area contributed by atoms with Crippen molar-refractivity contribution in [1.29, 1.82) is 0 Å². The number of benzene rings is 1. The molecule has 7 nitrogen and oxygen atoms in total. The molecule has 1 aromatic carbocycles. The number of rotatable bonds is 4. The fourth-order valence-electron chi connectivity index (χ4n) is 4.34. The van der Waals surface area contributed by atoms with Crippen LogP contribution in [0.1, 0.15) is 19.4 Å². The van der Waals surface area contributed by atoms with Gasteiger partial charge in [-0.2, -0.15) is 0 Å². The van der Waals surface area contributed by atoms with E-state index in [0.29, 0.717) is 11.3 Å². The highest BCUT2D eigenvalue weighted by molar-refractivity contribution is 5.89. The fraction of sp³-hybridized carbons (Fsp3) is 0.375. The molecule has 0 unspecified atom stereocenters. The molecule has 0 radical (unpaired) electrons. The Labute approximate surface area is 182 Å². The van der Waals surface area contributed by atoms with Crippen molar-refractivity contribution in [2.24, 2.45) is 7.05 Å². The number of aryl methyl sites for hydroxylation is 1. The van der Waals surface area contributed by atoms with Gasteiger partial charge in [-0.1, -0.05) is 18.7 Å². The van der Waals surface area contributed by atoms with Gasteiger partial charge in [-0.15, -0.1) is 4.98 Å². The van der Waals surface area contributed by atoms with Crippen LogP contribution in [0.5, 0.6) is 5.75 Å². The summed E-state index contributed by atoms with van der Waals surface area (Å²) in [6.45, 7) is 14.2. The SMILES string of the molecule is [C-]#[N+]c1ccc2c(n1)c(N1C[C@@H](C)N(Cc3cccc(OC)c3)C[C@@H]1C)cc(=O)n2C. The number of aromatic nitrogens is 2. The molecule has 7 heteroatoms. The van der Waals surface area contributed by atoms with Gasteiger partial charge in [0.05, 0.1) is 18.3 Å². The van der Waals surface area contributed by atoms with Crippen molar-refractivity contribution in [3.63, 3.8) is 0 Å². The summed E-state index contributed by atoms with van der Waals surface area (Å²) >= 11 is 0. The Hall–Kier alpha value is -3.37. The van der Waals surface area contributed by atoms with Crippen LogP contribution < -0.4 is 15.2 Å². The Bertz CT molecular complexity index is 1210. The van der Waals surface area contributed by atoms with E-state index < -0.39 is 0 Å². The molecule has 3 heterocycles. The molecular formula is C24H27N5O2. The third-order valence-corrected chi connectivity index (χ3v) is 6.11. The summed E-state index contributed by atoms with van der Waals surface area (Å²) in [7, 11) is 3.43. The Morgan fingerprint density at radius 3 is 2.71 bits per heavy atom. The number of hydrogen-bond donors (Lipinski definition) is 0. The number of pyridine rings is 2. The molecule has 4 rings (SSSR count). The Kier molecular flexibility index (Phi) is 5.66. The van der Waals surface area contributed by atoms with Gasteiger partial charge < -0.3 is 19.0 Å². The molecule has 1 aliphatic rings. The minimum absolute atomic E-state index is 0.0708. The van der Waals surface area contributed by atoms with Crippen molar-refractivity contribution in [3.8, 4) is 5.75 Å². The number of ether oxygens (including phenoxy) is 1. The van der Waals surface area contributed by atoms with Crippen LogP contribution in [-0.4, -0.2) is 46.7 Å². The second kappa shape index (κ2) is 8.40. The second-order valence-electron chi connectivity index (χ2n) is 8.21. The van der Waals surface area contributed by atoms with Crippen LogP contribution in [-0.2, 0) is 13.6 Å². The summed E-state index contributed by atoms with van der Waals surface area (Å²) in [5.41, 5.74) is 3.40. The molecule has 1 aliphatic heterocycles. The summed E-state index contributed by atoms with van der Waals surface area (Å²) in [6, 6.07) is 13.8. The molecule has 160 valence electrons. The van der Waals surface area contributed by atoms with Gasteiger partial charge in [-0.05, 0) is 43.7 Å². The minimum atomic E-state index is -0.0708. The third kappa shape index (κ3) is 3.99. The van der Waals surface area contributed by atoms with Gasteiger partial charge in [0.2, 0.25) is 5.52 Å². The Morgan fingerprint density at radius 2 is 1.97 bits per heavy atom. The van der Waals surface area contributed by atoms with Crippen LogP contribution in [0.3, 0.4) is 0 Å². The van der Waals surface area contributed by atoms with E-state index in [2.05, 4.69) is 45.6 Å². The largest absolute Gasteiger partial charge is 0.497 e. The highest BCUT2D eigenvalue weighted by atomic mass is 16.5. The van der Waals surface area contributed by atoms with E-state index in [1.165, 1.54) is 5.56 Å². The topological polar surface area (TPSA) is 55.0 Å². The van der Waals surface area contributed by atoms with Gasteiger partial charge in [0.25, 0.3) is 11.4 Å². The van der Waals surface area contributed by atoms with Crippen LogP contribution in [0.15, 0.2) is 47.3 Å². The highest BCUT2D eigenvalue weighted by Gasteiger charge is 2.31. The van der Waals surface area contributed by atoms with Gasteiger partial charge in [-0.3, -0.25) is 9.69 Å². The lowest BCUT2D eigenvalue weighted by molar-refractivity contribution is 0.158. The molecule has 0 spiro atoms. The van der Waals surface area contributed by atoms with E-state index in [0.717, 1.165) is 36.6 Å². The molecule has 2 atom stereocenters. The zero-order valence-corrected chi connectivity index (χ0v) is 18.4. The molecule has 31 heavy (non-hydrogen) atoms. The second-order valence-corrected chi connectivity index (χ2v) is 8.21. The zero-order chi connectivity index (χ0) is 22.1. The monoisotopic (exact) mass is 417 g/mol. The minimum Gasteiger partial charge on any atom is -0.497 e. The van der Waals surface area contributed by atoms with Crippen LogP contribution in [0.2, 0.25) is 0 Å². The first kappa shape index (κ1) is 20.9. The molecule has 2 aromatic heterocycles. The predicted octanol–water partition coefficient (Wildman–Crippen LogP) is 3.59. The standard InChI is InChI=1S/C24H27N5O2/c1-16-14-29(17(2)13-28(16)15-18-7-6-8-19(11-18)31-5)21-12-23(30)27(4)20-9-10-22(25-3)26-24(20)21/h6-12,16-17H,13-15H2,1-2,4-5H3/t16-,17+/m1/s1. The molecule has 0 saturated carbocycles. The Balaban J connectivity index is 1.65. The highest BCUT2D eigenvalue weighted by Crippen LogP contribution is 2.30. The number of hydrogen-bond acceptors (Lipinski definition) is 5. The smallest absolute Gasteiger partial charge is 0.270 e. The van der Waals surface area contributed by atoms with Crippen LogP contribution in [0, 0.1) is 6.57 Å². The third-order valence-electron chi connectivity index (χ3n) is 6.11. The maximum atomic E-state index is 12.6. The van der Waals surface area contributed by atoms with E-state index >= 15 is 0 Å². The van der Waals surface area contributed by atoms with Crippen LogP contribution in [0.4, 0.5) is 11.5 Å². The van der Waals surface area contributed by atoms with Crippen molar-refractivity contribution in [2.45, 2.75) is 32.5 Å². The van der Waals surface area contributed by atoms with E-state index in [-0.39, 0.29) is 17.6 Å². The van der Waals surface area contributed by atoms with Crippen molar-refractivity contribution < 1.29 is 4.74 Å². The molecule has 0 N–H and O–H groups in total. The van der Waals surface area contributed by atoms with E-state index in [4.69, 9.17) is 11.3 Å². The maximum Gasteiger partial charge on any atom is 0.270 e. The summed E-state index contributed by atoms with van der Waals surface area (Å²) in [5.74, 6) is 1.20. The molecule has 0 aliphatic carbocycles. The molecular weight excluding hydrogens is 390 g/mol. The summed E-state index contributed by atoms with van der Waals surface area (Å²) in [5, 5.41) is 0. The van der Waals surface area contributed by atoms with Gasteiger partial charge in [0.1, 0.15) is 5.75 Å². The summed E-state index contributed by atoms with van der Waals surface area (Å²) in [4.78, 5) is 25.4. The van der Waals surface area contributed by atoms with Crippen molar-refractivity contribution in [3.05, 3.63) is 69.8 Å². The van der Waals surface area contributed by atoms with Crippen molar-refractivity contribution >= 4 is 22.5 Å². The first-order valence-electron chi connectivity index (χ1n) is 10.4. The van der Waals surface area contributed by atoms with Crippen LogP contribution in [0.25, 0.3) is 15.9 Å². The number of piperazine rings is 1. The number of nitrogens with zero attached hydrogens (tertiary/aromatic N) is 5. The molecule has 1 fully saturated rings. The summed E-state index contributed by atoms with van der Waals surface area (Å²) < 4.78 is 6.95. The van der Waals surface area contributed by atoms with Gasteiger partial charge in [0.15, 0.2) is 0 Å². The summed E-state index contributed by atoms with van der Waals surface area (Å²) in [6.07, 6.45) is 0. The first-order chi connectivity index (χ1) is 14.9. The molecule has 1 saturated heterocycles. The number of methoxy groups -OCH3 is 1. The molecule has 3 aromatic rings. The quantitative estimate of drug-likeness (QED) is 0.607. The Morgan fingerprint density at radius 1 is 1.16 bits per heavy atom. The van der Waals surface area contributed by atoms with Crippen molar-refractivity contribution in [1.82, 2.24) is 14.5 Å². The lowest BCUT2D eigenvalue weighted by Gasteiger charge is -2.45. The van der Waals surface area contributed by atoms with E-state index in [1.54, 1.807) is 30.9 Å². The lowest BCUT2D eigenvalue weighted by Crippen LogP contribution is -2.56. The zero-order valence-electron chi connectivity index (χ0n) is 18.4. The molecule has 0 bridgehead atoms. The normalized spacial score (nSPS) is 19.4. The predicted molar refractivity (Wildman–Crippen MR) is 123 cm³/mol. The van der Waals surface area contributed by atoms with E-state index in [1.807, 2.05) is 18.2 Å². The average molecular weight is 418 g/mol. The van der Waals surface area contributed by atoms with Gasteiger partial charge in [0, 0.05) is 44.8 Å². The lowest BCUT2D eigenvalue weighted by atomic mass is 10.0. The van der Waals surface area contributed by atoms with Gasteiger partial charge in [-0.25, -0.2) is 0 Å². The maximum absolute atomic E-state index is 12.6. The first-order valence-corrected chi connectivity index (χ1v) is 10.4. The van der Waals surface area contributed by atoms with Gasteiger partial charge >= 0.3 is 0 Å². The number of fused-ring (bicyclic) bond motifs is 1. The van der Waals surface area contributed by atoms with E-state index in [9.17, 15) is 4.79 Å². The van der Waals surface area contributed by atoms with Crippen molar-refractivity contribution in [2.75, 3.05) is 25.1 Å². The fourth-order valence-corrected chi connectivity index (χ4v) is 4.34. The van der Waals surface area contributed by atoms with Crippen LogP contribution >= 0.6 is 0 Å². The number of anilines is 1. The molecule has 0 amide bonds. The average Bonchev–Trinajstić information content (AvgIpc) is 2.78.